The second kappa shape index (κ2) is 5.98. The molecule has 2 unspecified atom stereocenters. The fourth-order valence-electron chi connectivity index (χ4n) is 2.68. The molecule has 1 aromatic rings. The van der Waals surface area contributed by atoms with Gasteiger partial charge in [-0.25, -0.2) is 17.2 Å². The van der Waals surface area contributed by atoms with Crippen molar-refractivity contribution in [2.75, 3.05) is 6.54 Å². The highest BCUT2D eigenvalue weighted by atomic mass is 32.2. The molecule has 7 heteroatoms. The third kappa shape index (κ3) is 2.82. The number of piperidine rings is 1. The van der Waals surface area contributed by atoms with E-state index < -0.39 is 38.7 Å². The highest BCUT2D eigenvalue weighted by Crippen LogP contribution is 2.31. The Bertz CT molecular complexity index is 633. The first-order valence-electron chi connectivity index (χ1n) is 6.90. The maximum Gasteiger partial charge on any atom is 0.246 e. The van der Waals surface area contributed by atoms with Crippen LogP contribution < -0.4 is 0 Å². The maximum absolute atomic E-state index is 14.2. The van der Waals surface area contributed by atoms with Crippen molar-refractivity contribution in [1.29, 1.82) is 0 Å². The molecular formula is C14H19F2NO3S. The standard InChI is InChI=1S/C14H19F2NO3S/c1-9-4-3-7-17(10(9)2)21(19,20)13-6-5-12(15)11(8-18)14(13)16/h5-6,9-10,18H,3-4,7-8H2,1-2H3. The molecule has 1 aliphatic heterocycles. The molecule has 1 N–H and O–H groups in total. The SMILES string of the molecule is CC1CCCN(S(=O)(=O)c2ccc(F)c(CO)c2F)C1C. The van der Waals surface area contributed by atoms with E-state index in [0.717, 1.165) is 18.6 Å². The molecule has 0 radical (unpaired) electrons. The Hall–Kier alpha value is -1.05. The van der Waals surface area contributed by atoms with Gasteiger partial charge in [0.1, 0.15) is 10.7 Å². The minimum absolute atomic E-state index is 0.175. The number of nitrogens with zero attached hydrogens (tertiary/aromatic N) is 1. The van der Waals surface area contributed by atoms with Gasteiger partial charge in [0.05, 0.1) is 12.2 Å². The fraction of sp³-hybridized carbons (Fsp3) is 0.571. The Morgan fingerprint density at radius 2 is 2.00 bits per heavy atom. The van der Waals surface area contributed by atoms with Gasteiger partial charge in [-0.1, -0.05) is 6.92 Å². The molecule has 0 bridgehead atoms. The highest BCUT2D eigenvalue weighted by molar-refractivity contribution is 7.89. The number of aliphatic hydroxyl groups excluding tert-OH is 1. The first kappa shape index (κ1) is 16.3. The van der Waals surface area contributed by atoms with Crippen molar-refractivity contribution in [2.45, 2.75) is 44.2 Å². The summed E-state index contributed by atoms with van der Waals surface area (Å²) in [6, 6.07) is 1.55. The van der Waals surface area contributed by atoms with Crippen LogP contribution in [0.3, 0.4) is 0 Å². The van der Waals surface area contributed by atoms with Gasteiger partial charge in [-0.05, 0) is 37.8 Å². The molecule has 2 rings (SSSR count). The minimum atomic E-state index is -4.04. The van der Waals surface area contributed by atoms with Crippen LogP contribution in [0.15, 0.2) is 17.0 Å². The van der Waals surface area contributed by atoms with Crippen molar-refractivity contribution < 1.29 is 22.3 Å². The van der Waals surface area contributed by atoms with Crippen LogP contribution in [0.1, 0.15) is 32.3 Å². The lowest BCUT2D eigenvalue weighted by molar-refractivity contribution is 0.201. The van der Waals surface area contributed by atoms with Crippen molar-refractivity contribution in [3.8, 4) is 0 Å². The normalized spacial score (nSPS) is 24.2. The number of benzene rings is 1. The average molecular weight is 319 g/mol. The van der Waals surface area contributed by atoms with Crippen molar-refractivity contribution in [2.24, 2.45) is 5.92 Å². The van der Waals surface area contributed by atoms with E-state index in [1.165, 1.54) is 4.31 Å². The molecule has 1 aromatic carbocycles. The van der Waals surface area contributed by atoms with E-state index in [1.54, 1.807) is 6.92 Å². The molecule has 4 nitrogen and oxygen atoms in total. The quantitative estimate of drug-likeness (QED) is 0.930. The van der Waals surface area contributed by atoms with Crippen molar-refractivity contribution >= 4 is 10.0 Å². The molecule has 118 valence electrons. The number of sulfonamides is 1. The second-order valence-electron chi connectivity index (χ2n) is 5.47. The van der Waals surface area contributed by atoms with Crippen molar-refractivity contribution in [3.63, 3.8) is 0 Å². The molecule has 0 spiro atoms. The van der Waals surface area contributed by atoms with E-state index in [9.17, 15) is 17.2 Å². The summed E-state index contributed by atoms with van der Waals surface area (Å²) in [4.78, 5) is -0.575. The van der Waals surface area contributed by atoms with Crippen LogP contribution in [-0.2, 0) is 16.6 Å². The van der Waals surface area contributed by atoms with Gasteiger partial charge in [-0.3, -0.25) is 0 Å². The molecule has 21 heavy (non-hydrogen) atoms. The summed E-state index contributed by atoms with van der Waals surface area (Å²) in [7, 11) is -4.04. The maximum atomic E-state index is 14.2. The molecule has 1 saturated heterocycles. The zero-order valence-electron chi connectivity index (χ0n) is 12.0. The van der Waals surface area contributed by atoms with Gasteiger partial charge in [0.15, 0.2) is 5.82 Å². The fourth-order valence-corrected chi connectivity index (χ4v) is 4.54. The summed E-state index contributed by atoms with van der Waals surface area (Å²) in [6.07, 6.45) is 1.63. The van der Waals surface area contributed by atoms with Gasteiger partial charge >= 0.3 is 0 Å². The smallest absolute Gasteiger partial charge is 0.246 e. The van der Waals surface area contributed by atoms with Crippen LogP contribution in [0.2, 0.25) is 0 Å². The van der Waals surface area contributed by atoms with E-state index in [0.29, 0.717) is 13.0 Å². The van der Waals surface area contributed by atoms with Crippen LogP contribution in [0.25, 0.3) is 0 Å². The molecule has 0 aliphatic carbocycles. The van der Waals surface area contributed by atoms with Crippen LogP contribution >= 0.6 is 0 Å². The zero-order valence-corrected chi connectivity index (χ0v) is 12.8. The summed E-state index contributed by atoms with van der Waals surface area (Å²) in [6.45, 7) is 3.17. The van der Waals surface area contributed by atoms with Gasteiger partial charge in [-0.15, -0.1) is 0 Å². The number of rotatable bonds is 3. The Morgan fingerprint density at radius 1 is 1.33 bits per heavy atom. The van der Waals surface area contributed by atoms with Gasteiger partial charge in [0, 0.05) is 12.6 Å². The molecule has 0 saturated carbocycles. The van der Waals surface area contributed by atoms with Crippen molar-refractivity contribution in [3.05, 3.63) is 29.3 Å². The number of hydrogen-bond donors (Lipinski definition) is 1. The van der Waals surface area contributed by atoms with Crippen LogP contribution in [-0.4, -0.2) is 30.4 Å². The summed E-state index contributed by atoms with van der Waals surface area (Å²) >= 11 is 0. The molecule has 0 aromatic heterocycles. The second-order valence-corrected chi connectivity index (χ2v) is 7.33. The Kier molecular flexibility index (Phi) is 4.65. The lowest BCUT2D eigenvalue weighted by Gasteiger charge is -2.36. The van der Waals surface area contributed by atoms with Gasteiger partial charge < -0.3 is 5.11 Å². The summed E-state index contributed by atoms with van der Waals surface area (Å²) < 4.78 is 54.1. The minimum Gasteiger partial charge on any atom is -0.391 e. The highest BCUT2D eigenvalue weighted by Gasteiger charge is 2.36. The predicted octanol–water partition coefficient (Wildman–Crippen LogP) is 2.27. The Balaban J connectivity index is 2.49. The summed E-state index contributed by atoms with van der Waals surface area (Å²) in [5.74, 6) is -1.98. The van der Waals surface area contributed by atoms with Gasteiger partial charge in [0.2, 0.25) is 10.0 Å². The van der Waals surface area contributed by atoms with E-state index in [1.807, 2.05) is 6.92 Å². The monoisotopic (exact) mass is 319 g/mol. The summed E-state index contributed by atoms with van der Waals surface area (Å²) in [5, 5.41) is 9.01. The number of halogens is 2. The lowest BCUT2D eigenvalue weighted by Crippen LogP contribution is -2.46. The molecule has 2 atom stereocenters. The predicted molar refractivity (Wildman–Crippen MR) is 74.0 cm³/mol. The third-order valence-corrected chi connectivity index (χ3v) is 6.21. The van der Waals surface area contributed by atoms with E-state index in [2.05, 4.69) is 0 Å². The lowest BCUT2D eigenvalue weighted by atomic mass is 9.94. The van der Waals surface area contributed by atoms with Crippen molar-refractivity contribution in [1.82, 2.24) is 4.31 Å². The molecule has 1 aliphatic rings. The zero-order chi connectivity index (χ0) is 15.8. The number of aliphatic hydroxyl groups is 1. The van der Waals surface area contributed by atoms with Gasteiger partial charge in [0.25, 0.3) is 0 Å². The topological polar surface area (TPSA) is 57.6 Å². The first-order chi connectivity index (χ1) is 9.80. The van der Waals surface area contributed by atoms with Crippen LogP contribution in [0.5, 0.6) is 0 Å². The first-order valence-corrected chi connectivity index (χ1v) is 8.34. The molecule has 0 amide bonds. The average Bonchev–Trinajstić information content (AvgIpc) is 2.41. The van der Waals surface area contributed by atoms with E-state index in [-0.39, 0.29) is 12.0 Å². The Labute approximate surface area is 123 Å². The van der Waals surface area contributed by atoms with E-state index in [4.69, 9.17) is 5.11 Å². The molecular weight excluding hydrogens is 300 g/mol. The van der Waals surface area contributed by atoms with Gasteiger partial charge in [-0.2, -0.15) is 4.31 Å². The third-order valence-electron chi connectivity index (χ3n) is 4.21. The Morgan fingerprint density at radius 3 is 2.62 bits per heavy atom. The largest absolute Gasteiger partial charge is 0.391 e. The van der Waals surface area contributed by atoms with Crippen LogP contribution in [0, 0.1) is 17.6 Å². The molecule has 1 heterocycles. The number of hydrogen-bond acceptors (Lipinski definition) is 3. The van der Waals surface area contributed by atoms with Crippen LogP contribution in [0.4, 0.5) is 8.78 Å². The molecule has 1 fully saturated rings. The van der Waals surface area contributed by atoms with E-state index >= 15 is 0 Å². The summed E-state index contributed by atoms with van der Waals surface area (Å²) in [5.41, 5.74) is -0.617.